The summed E-state index contributed by atoms with van der Waals surface area (Å²) in [5.41, 5.74) is 1.22. The molecule has 1 rings (SSSR count). The Morgan fingerprint density at radius 3 is 2.56 bits per heavy atom. The van der Waals surface area contributed by atoms with Crippen molar-refractivity contribution in [2.75, 3.05) is 7.11 Å². The van der Waals surface area contributed by atoms with Crippen LogP contribution in [-0.4, -0.2) is 19.1 Å². The summed E-state index contributed by atoms with van der Waals surface area (Å²) in [6, 6.07) is 10.2. The highest BCUT2D eigenvalue weighted by molar-refractivity contribution is 5.85. The predicted molar refractivity (Wildman–Crippen MR) is 66.6 cm³/mol. The first kappa shape index (κ1) is 14.9. The number of halogens is 1. The molecule has 0 bridgehead atoms. The lowest BCUT2D eigenvalue weighted by Crippen LogP contribution is -2.28. The van der Waals surface area contributed by atoms with Gasteiger partial charge in [-0.15, -0.1) is 12.4 Å². The monoisotopic (exact) mass is 243 g/mol. The molecular weight excluding hydrogens is 226 g/mol. The van der Waals surface area contributed by atoms with Crippen LogP contribution in [0.4, 0.5) is 0 Å². The molecule has 1 N–H and O–H groups in total. The molecule has 0 radical (unpaired) electrons. The van der Waals surface area contributed by atoms with Crippen LogP contribution >= 0.6 is 12.4 Å². The lowest BCUT2D eigenvalue weighted by atomic mass is 10.2. The SMILES string of the molecule is COC(=O)C[C@@H](C)NCc1ccccc1.Cl. The van der Waals surface area contributed by atoms with Gasteiger partial charge in [0.2, 0.25) is 0 Å². The average Bonchev–Trinajstić information content (AvgIpc) is 2.27. The number of nitrogens with one attached hydrogen (secondary N) is 1. The lowest BCUT2D eigenvalue weighted by molar-refractivity contribution is -0.141. The fraction of sp³-hybridized carbons (Fsp3) is 0.417. The van der Waals surface area contributed by atoms with Gasteiger partial charge in [0.05, 0.1) is 13.5 Å². The molecule has 3 nitrogen and oxygen atoms in total. The third-order valence-electron chi connectivity index (χ3n) is 2.20. The van der Waals surface area contributed by atoms with Gasteiger partial charge < -0.3 is 10.1 Å². The summed E-state index contributed by atoms with van der Waals surface area (Å²) in [4.78, 5) is 11.0. The maximum atomic E-state index is 11.0. The van der Waals surface area contributed by atoms with E-state index < -0.39 is 0 Å². The summed E-state index contributed by atoms with van der Waals surface area (Å²) in [6.45, 7) is 2.75. The van der Waals surface area contributed by atoms with Gasteiger partial charge in [0.1, 0.15) is 0 Å². The van der Waals surface area contributed by atoms with Crippen LogP contribution in [0.2, 0.25) is 0 Å². The van der Waals surface area contributed by atoms with Crippen molar-refractivity contribution >= 4 is 18.4 Å². The molecule has 1 atom stereocenters. The molecule has 0 spiro atoms. The van der Waals surface area contributed by atoms with Crippen LogP contribution in [0, 0.1) is 0 Å². The van der Waals surface area contributed by atoms with E-state index in [0.717, 1.165) is 6.54 Å². The molecule has 90 valence electrons. The fourth-order valence-corrected chi connectivity index (χ4v) is 1.29. The van der Waals surface area contributed by atoms with Gasteiger partial charge in [0.15, 0.2) is 0 Å². The minimum atomic E-state index is -0.178. The normalized spacial score (nSPS) is 11.4. The molecule has 1 aromatic carbocycles. The zero-order chi connectivity index (χ0) is 11.1. The number of hydrogen-bond acceptors (Lipinski definition) is 3. The van der Waals surface area contributed by atoms with Gasteiger partial charge in [-0.2, -0.15) is 0 Å². The van der Waals surface area contributed by atoms with Crippen LogP contribution in [0.5, 0.6) is 0 Å². The smallest absolute Gasteiger partial charge is 0.307 e. The molecule has 0 heterocycles. The Balaban J connectivity index is 0.00000225. The van der Waals surface area contributed by atoms with Gasteiger partial charge >= 0.3 is 5.97 Å². The number of carbonyl (C=O) groups excluding carboxylic acids is 1. The van der Waals surface area contributed by atoms with Crippen molar-refractivity contribution in [1.29, 1.82) is 0 Å². The van der Waals surface area contributed by atoms with E-state index in [-0.39, 0.29) is 24.4 Å². The second-order valence-corrected chi connectivity index (χ2v) is 3.55. The fourth-order valence-electron chi connectivity index (χ4n) is 1.29. The maximum Gasteiger partial charge on any atom is 0.307 e. The molecule has 0 saturated carbocycles. The lowest BCUT2D eigenvalue weighted by Gasteiger charge is -2.12. The van der Waals surface area contributed by atoms with Crippen molar-refractivity contribution in [3.05, 3.63) is 35.9 Å². The van der Waals surface area contributed by atoms with Crippen molar-refractivity contribution in [2.24, 2.45) is 0 Å². The largest absolute Gasteiger partial charge is 0.469 e. The summed E-state index contributed by atoms with van der Waals surface area (Å²) in [7, 11) is 1.41. The number of methoxy groups -OCH3 is 1. The van der Waals surface area contributed by atoms with Crippen molar-refractivity contribution in [3.63, 3.8) is 0 Å². The van der Waals surface area contributed by atoms with Gasteiger partial charge in [0.25, 0.3) is 0 Å². The van der Waals surface area contributed by atoms with Gasteiger partial charge in [-0.1, -0.05) is 30.3 Å². The Morgan fingerprint density at radius 1 is 1.38 bits per heavy atom. The maximum absolute atomic E-state index is 11.0. The van der Waals surface area contributed by atoms with E-state index in [0.29, 0.717) is 6.42 Å². The van der Waals surface area contributed by atoms with Gasteiger partial charge in [-0.25, -0.2) is 0 Å². The van der Waals surface area contributed by atoms with Crippen LogP contribution < -0.4 is 5.32 Å². The van der Waals surface area contributed by atoms with Crippen LogP contribution in [-0.2, 0) is 16.1 Å². The second-order valence-electron chi connectivity index (χ2n) is 3.55. The molecule has 16 heavy (non-hydrogen) atoms. The highest BCUT2D eigenvalue weighted by atomic mass is 35.5. The quantitative estimate of drug-likeness (QED) is 0.806. The van der Waals surface area contributed by atoms with Gasteiger partial charge in [-0.05, 0) is 12.5 Å². The Hall–Kier alpha value is -1.06. The Morgan fingerprint density at radius 2 is 2.00 bits per heavy atom. The first-order valence-electron chi connectivity index (χ1n) is 5.06. The van der Waals surface area contributed by atoms with Crippen LogP contribution in [0.1, 0.15) is 18.9 Å². The van der Waals surface area contributed by atoms with Crippen LogP contribution in [0.25, 0.3) is 0 Å². The van der Waals surface area contributed by atoms with E-state index in [9.17, 15) is 4.79 Å². The first-order chi connectivity index (χ1) is 7.22. The molecule has 0 aliphatic heterocycles. The summed E-state index contributed by atoms with van der Waals surface area (Å²) in [5, 5.41) is 3.26. The zero-order valence-corrected chi connectivity index (χ0v) is 10.4. The minimum Gasteiger partial charge on any atom is -0.469 e. The second kappa shape index (κ2) is 8.13. The number of rotatable bonds is 5. The molecule has 0 aliphatic carbocycles. The molecule has 0 fully saturated rings. The summed E-state index contributed by atoms with van der Waals surface area (Å²) in [6.07, 6.45) is 0.406. The third kappa shape index (κ3) is 5.73. The van der Waals surface area contributed by atoms with E-state index in [1.807, 2.05) is 25.1 Å². The van der Waals surface area contributed by atoms with Gasteiger partial charge in [0, 0.05) is 12.6 Å². The number of hydrogen-bond donors (Lipinski definition) is 1. The highest BCUT2D eigenvalue weighted by Crippen LogP contribution is 2.00. The van der Waals surface area contributed by atoms with Crippen LogP contribution in [0.3, 0.4) is 0 Å². The Labute approximate surface area is 103 Å². The molecule has 0 unspecified atom stereocenters. The van der Waals surface area contributed by atoms with Crippen molar-refractivity contribution < 1.29 is 9.53 Å². The molecule has 0 saturated heterocycles. The average molecular weight is 244 g/mol. The van der Waals surface area contributed by atoms with E-state index in [1.54, 1.807) is 0 Å². The third-order valence-corrected chi connectivity index (χ3v) is 2.20. The van der Waals surface area contributed by atoms with Crippen LogP contribution in [0.15, 0.2) is 30.3 Å². The van der Waals surface area contributed by atoms with Crippen molar-refractivity contribution in [2.45, 2.75) is 25.9 Å². The molecule has 0 aliphatic rings. The molecule has 4 heteroatoms. The predicted octanol–water partition coefficient (Wildman–Crippen LogP) is 2.15. The summed E-state index contributed by atoms with van der Waals surface area (Å²) >= 11 is 0. The van der Waals surface area contributed by atoms with E-state index >= 15 is 0 Å². The minimum absolute atomic E-state index is 0. The van der Waals surface area contributed by atoms with Crippen molar-refractivity contribution in [3.8, 4) is 0 Å². The number of ether oxygens (including phenoxy) is 1. The standard InChI is InChI=1S/C12H17NO2.ClH/c1-10(8-12(14)15-2)13-9-11-6-4-3-5-7-11;/h3-7,10,13H,8-9H2,1-2H3;1H/t10-;/m1./s1. The van der Waals surface area contributed by atoms with E-state index in [4.69, 9.17) is 0 Å². The zero-order valence-electron chi connectivity index (χ0n) is 9.60. The topological polar surface area (TPSA) is 38.3 Å². The summed E-state index contributed by atoms with van der Waals surface area (Å²) < 4.78 is 4.59. The first-order valence-corrected chi connectivity index (χ1v) is 5.06. The Kier molecular flexibility index (Phi) is 7.60. The highest BCUT2D eigenvalue weighted by Gasteiger charge is 2.07. The Bertz CT molecular complexity index is 303. The van der Waals surface area contributed by atoms with E-state index in [1.165, 1.54) is 12.7 Å². The van der Waals surface area contributed by atoms with E-state index in [2.05, 4.69) is 22.2 Å². The number of carbonyl (C=O) groups is 1. The molecular formula is C12H18ClNO2. The van der Waals surface area contributed by atoms with Gasteiger partial charge in [-0.3, -0.25) is 4.79 Å². The molecule has 1 aromatic rings. The van der Waals surface area contributed by atoms with Crippen molar-refractivity contribution in [1.82, 2.24) is 5.32 Å². The molecule has 0 amide bonds. The molecule has 0 aromatic heterocycles. The number of esters is 1. The summed E-state index contributed by atoms with van der Waals surface area (Å²) in [5.74, 6) is -0.178. The number of benzene rings is 1.